The normalized spacial score (nSPS) is 14.0. The Morgan fingerprint density at radius 1 is 1.13 bits per heavy atom. The van der Waals surface area contributed by atoms with Gasteiger partial charge in [0, 0.05) is 12.7 Å². The van der Waals surface area contributed by atoms with Crippen LogP contribution in [0.4, 0.5) is 17.6 Å². The second kappa shape index (κ2) is 8.94. The van der Waals surface area contributed by atoms with Crippen LogP contribution in [-0.2, 0) is 4.79 Å². The fourth-order valence-electron chi connectivity index (χ4n) is 1.61. The number of aliphatic hydroxyl groups is 2. The van der Waals surface area contributed by atoms with E-state index in [0.29, 0.717) is 0 Å². The highest BCUT2D eigenvalue weighted by molar-refractivity contribution is 8.13. The summed E-state index contributed by atoms with van der Waals surface area (Å²) < 4.78 is 57.2. The molecule has 2 atom stereocenters. The molecule has 1 rings (SSSR count). The molecule has 2 unspecified atom stereocenters. The minimum atomic E-state index is -3.29. The van der Waals surface area contributed by atoms with Crippen molar-refractivity contribution < 1.29 is 42.0 Å². The molecule has 10 heteroatoms. The summed E-state index contributed by atoms with van der Waals surface area (Å²) in [6.07, 6.45) is -2.90. The maximum Gasteiger partial charge on any atom is 0.387 e. The smallest absolute Gasteiger partial charge is 0.387 e. The predicted molar refractivity (Wildman–Crippen MR) is 73.8 cm³/mol. The monoisotopic (exact) mass is 358 g/mol. The summed E-state index contributed by atoms with van der Waals surface area (Å²) in [6, 6.07) is 2.88. The zero-order chi connectivity index (χ0) is 17.6. The molecule has 23 heavy (non-hydrogen) atoms. The first-order valence-corrected chi connectivity index (χ1v) is 7.22. The number of rotatable bonds is 8. The lowest BCUT2D eigenvalue weighted by Gasteiger charge is -2.19. The summed E-state index contributed by atoms with van der Waals surface area (Å²) in [4.78, 5) is 10.8. The molecular weight excluding hydrogens is 344 g/mol. The van der Waals surface area contributed by atoms with Gasteiger partial charge in [-0.1, -0.05) is 17.8 Å². The van der Waals surface area contributed by atoms with Crippen LogP contribution in [0, 0.1) is 0 Å². The van der Waals surface area contributed by atoms with Gasteiger partial charge in [-0.05, 0) is 17.7 Å². The molecule has 2 N–H and O–H groups in total. The number of carbonyl (C=O) groups is 1. The standard InChI is InChI=1S/C13H14F4O5S/c1-6(18)23-5-8(19)11(20)7-2-3-9(21-12(14)15)10(4-7)22-13(16)17/h2-4,8,11-13,19-20H,5H2,1H3. The first-order valence-electron chi connectivity index (χ1n) is 6.23. The van der Waals surface area contributed by atoms with Crippen LogP contribution < -0.4 is 9.47 Å². The average Bonchev–Trinajstić information content (AvgIpc) is 2.44. The molecular formula is C13H14F4O5S. The molecule has 0 radical (unpaired) electrons. The number of hydrogen-bond acceptors (Lipinski definition) is 6. The number of benzene rings is 1. The third-order valence-electron chi connectivity index (χ3n) is 2.56. The molecule has 0 spiro atoms. The molecule has 0 bridgehead atoms. The molecule has 0 amide bonds. The van der Waals surface area contributed by atoms with E-state index in [2.05, 4.69) is 9.47 Å². The Labute approximate surface area is 133 Å². The van der Waals surface area contributed by atoms with Crippen molar-refractivity contribution in [1.29, 1.82) is 0 Å². The van der Waals surface area contributed by atoms with Crippen molar-refractivity contribution in [3.8, 4) is 11.5 Å². The second-order valence-electron chi connectivity index (χ2n) is 4.28. The Morgan fingerprint density at radius 3 is 2.22 bits per heavy atom. The lowest BCUT2D eigenvalue weighted by Crippen LogP contribution is -2.21. The Morgan fingerprint density at radius 2 is 1.70 bits per heavy atom. The third kappa shape index (κ3) is 6.63. The summed E-state index contributed by atoms with van der Waals surface area (Å²) in [6.45, 7) is -5.27. The zero-order valence-electron chi connectivity index (χ0n) is 11.8. The van der Waals surface area contributed by atoms with Gasteiger partial charge in [-0.3, -0.25) is 4.79 Å². The third-order valence-corrected chi connectivity index (χ3v) is 3.48. The summed E-state index contributed by atoms with van der Waals surface area (Å²) in [5.74, 6) is -1.47. The van der Waals surface area contributed by atoms with Crippen LogP contribution in [-0.4, -0.2) is 40.4 Å². The van der Waals surface area contributed by atoms with Crippen LogP contribution in [0.5, 0.6) is 11.5 Å². The molecule has 0 aliphatic heterocycles. The summed E-state index contributed by atoms with van der Waals surface area (Å²) >= 11 is 0.765. The number of thioether (sulfide) groups is 1. The van der Waals surface area contributed by atoms with Gasteiger partial charge in [0.1, 0.15) is 6.10 Å². The number of ether oxygens (including phenoxy) is 2. The molecule has 0 fully saturated rings. The van der Waals surface area contributed by atoms with E-state index in [1.54, 1.807) is 0 Å². The topological polar surface area (TPSA) is 76.0 Å². The Hall–Kier alpha value is -1.52. The molecule has 1 aromatic carbocycles. The van der Waals surface area contributed by atoms with Crippen molar-refractivity contribution in [2.24, 2.45) is 0 Å². The first kappa shape index (κ1) is 19.5. The van der Waals surface area contributed by atoms with Crippen LogP contribution in [0.2, 0.25) is 0 Å². The molecule has 0 aliphatic carbocycles. The van der Waals surface area contributed by atoms with Crippen LogP contribution in [0.3, 0.4) is 0 Å². The van der Waals surface area contributed by atoms with Gasteiger partial charge in [-0.15, -0.1) is 0 Å². The largest absolute Gasteiger partial charge is 0.431 e. The van der Waals surface area contributed by atoms with Crippen molar-refractivity contribution in [3.63, 3.8) is 0 Å². The molecule has 5 nitrogen and oxygen atoms in total. The Kier molecular flexibility index (Phi) is 7.59. The predicted octanol–water partition coefficient (Wildman–Crippen LogP) is 2.56. The van der Waals surface area contributed by atoms with Crippen LogP contribution in [0.15, 0.2) is 18.2 Å². The van der Waals surface area contributed by atoms with Gasteiger partial charge in [-0.25, -0.2) is 0 Å². The molecule has 0 aromatic heterocycles. The van der Waals surface area contributed by atoms with Gasteiger partial charge in [0.15, 0.2) is 16.6 Å². The fraction of sp³-hybridized carbons (Fsp3) is 0.462. The second-order valence-corrected chi connectivity index (χ2v) is 5.47. The molecule has 130 valence electrons. The van der Waals surface area contributed by atoms with Crippen molar-refractivity contribution in [2.75, 3.05) is 5.75 Å². The average molecular weight is 358 g/mol. The molecule has 0 saturated carbocycles. The Balaban J connectivity index is 2.96. The van der Waals surface area contributed by atoms with Gasteiger partial charge in [-0.2, -0.15) is 17.6 Å². The number of carbonyl (C=O) groups excluding carboxylic acids is 1. The fourth-order valence-corrected chi connectivity index (χ4v) is 2.19. The van der Waals surface area contributed by atoms with Crippen molar-refractivity contribution in [1.82, 2.24) is 0 Å². The minimum Gasteiger partial charge on any atom is -0.431 e. The number of hydrogen-bond donors (Lipinski definition) is 2. The van der Waals surface area contributed by atoms with Gasteiger partial charge < -0.3 is 19.7 Å². The first-order chi connectivity index (χ1) is 10.7. The highest BCUT2D eigenvalue weighted by atomic mass is 32.2. The lowest BCUT2D eigenvalue weighted by atomic mass is 10.0. The van der Waals surface area contributed by atoms with Gasteiger partial charge in [0.05, 0.1) is 6.10 Å². The lowest BCUT2D eigenvalue weighted by molar-refractivity contribution is -0.109. The highest BCUT2D eigenvalue weighted by Gasteiger charge is 2.22. The SMILES string of the molecule is CC(=O)SCC(O)C(O)c1ccc(OC(F)F)c(OC(F)F)c1. The van der Waals surface area contributed by atoms with E-state index in [0.717, 1.165) is 30.0 Å². The molecule has 0 heterocycles. The summed E-state index contributed by atoms with van der Waals surface area (Å²) in [5, 5.41) is 19.4. The number of halogens is 4. The molecule has 0 aliphatic rings. The van der Waals surface area contributed by atoms with Crippen molar-refractivity contribution in [3.05, 3.63) is 23.8 Å². The van der Waals surface area contributed by atoms with E-state index in [4.69, 9.17) is 0 Å². The van der Waals surface area contributed by atoms with Gasteiger partial charge in [0.25, 0.3) is 0 Å². The highest BCUT2D eigenvalue weighted by Crippen LogP contribution is 2.34. The van der Waals surface area contributed by atoms with E-state index in [1.165, 1.54) is 6.92 Å². The van der Waals surface area contributed by atoms with Crippen molar-refractivity contribution >= 4 is 16.9 Å². The van der Waals surface area contributed by atoms with E-state index in [9.17, 15) is 32.6 Å². The maximum atomic E-state index is 12.3. The van der Waals surface area contributed by atoms with Gasteiger partial charge >= 0.3 is 13.2 Å². The molecule has 1 aromatic rings. The quantitative estimate of drug-likeness (QED) is 0.696. The van der Waals surface area contributed by atoms with E-state index in [1.807, 2.05) is 0 Å². The van der Waals surface area contributed by atoms with Crippen LogP contribution >= 0.6 is 11.8 Å². The maximum absolute atomic E-state index is 12.3. The van der Waals surface area contributed by atoms with Crippen LogP contribution in [0.1, 0.15) is 18.6 Å². The zero-order valence-corrected chi connectivity index (χ0v) is 12.6. The van der Waals surface area contributed by atoms with E-state index < -0.39 is 36.9 Å². The number of alkyl halides is 4. The summed E-state index contributed by atoms with van der Waals surface area (Å²) in [5.41, 5.74) is -0.0566. The van der Waals surface area contributed by atoms with Gasteiger partial charge in [0.2, 0.25) is 0 Å². The number of aliphatic hydroxyl groups excluding tert-OH is 2. The van der Waals surface area contributed by atoms with Crippen LogP contribution in [0.25, 0.3) is 0 Å². The van der Waals surface area contributed by atoms with E-state index >= 15 is 0 Å². The van der Waals surface area contributed by atoms with E-state index in [-0.39, 0.29) is 16.4 Å². The van der Waals surface area contributed by atoms with Crippen molar-refractivity contribution in [2.45, 2.75) is 32.4 Å². The Bertz CT molecular complexity index is 529. The summed E-state index contributed by atoms with van der Waals surface area (Å²) in [7, 11) is 0. The molecule has 0 saturated heterocycles. The minimum absolute atomic E-state index is 0.0566.